The summed E-state index contributed by atoms with van der Waals surface area (Å²) in [7, 11) is 0. The monoisotopic (exact) mass is 314 g/mol. The van der Waals surface area contributed by atoms with Crippen LogP contribution >= 0.6 is 0 Å². The lowest BCUT2D eigenvalue weighted by Gasteiger charge is -2.21. The molecule has 1 aromatic heterocycles. The Bertz CT molecular complexity index is 556. The van der Waals surface area contributed by atoms with Crippen LogP contribution in [0.2, 0.25) is 0 Å². The Morgan fingerprint density at radius 1 is 1.33 bits per heavy atom. The molecule has 5 nitrogen and oxygen atoms in total. The van der Waals surface area contributed by atoms with Crippen molar-refractivity contribution >= 4 is 5.91 Å². The highest BCUT2D eigenvalue weighted by atomic mass is 19.4. The Morgan fingerprint density at radius 3 is 2.38 bits per heavy atom. The van der Waals surface area contributed by atoms with Gasteiger partial charge in [0.1, 0.15) is 11.3 Å². The number of rotatable bonds is 5. The summed E-state index contributed by atoms with van der Waals surface area (Å²) in [5.74, 6) is -1.18. The minimum Gasteiger partial charge on any atom is -0.395 e. The second-order valence-electron chi connectivity index (χ2n) is 3.98. The first-order valence-corrected chi connectivity index (χ1v) is 5.65. The highest BCUT2D eigenvalue weighted by Crippen LogP contribution is 2.26. The second-order valence-corrected chi connectivity index (χ2v) is 3.98. The van der Waals surface area contributed by atoms with Gasteiger partial charge in [-0.2, -0.15) is 13.2 Å². The minimum atomic E-state index is -4.80. The molecular formula is C11H11F5N2O3. The number of halogens is 5. The van der Waals surface area contributed by atoms with Crippen LogP contribution in [-0.4, -0.2) is 47.0 Å². The molecule has 0 aliphatic heterocycles. The number of carbonyl (C=O) groups excluding carboxylic acids is 1. The number of aliphatic hydroxyl groups excluding tert-OH is 1. The average Bonchev–Trinajstić information content (AvgIpc) is 2.35. The lowest BCUT2D eigenvalue weighted by Crippen LogP contribution is -2.40. The van der Waals surface area contributed by atoms with E-state index in [0.29, 0.717) is 17.0 Å². The maximum Gasteiger partial charge on any atom is 0.431 e. The summed E-state index contributed by atoms with van der Waals surface area (Å²) in [6, 6.07) is 1.08. The zero-order valence-electron chi connectivity index (χ0n) is 10.5. The minimum absolute atomic E-state index is 0.466. The first kappa shape index (κ1) is 17.1. The van der Waals surface area contributed by atoms with Crippen LogP contribution in [0.25, 0.3) is 0 Å². The predicted molar refractivity (Wildman–Crippen MR) is 61.1 cm³/mol. The second kappa shape index (κ2) is 6.66. The van der Waals surface area contributed by atoms with Crippen LogP contribution in [0, 0.1) is 0 Å². The number of hydrogen-bond donors (Lipinski definition) is 2. The number of H-pyrrole nitrogens is 1. The van der Waals surface area contributed by atoms with Gasteiger partial charge in [-0.25, -0.2) is 8.78 Å². The molecule has 0 atom stereocenters. The number of amides is 1. The summed E-state index contributed by atoms with van der Waals surface area (Å²) in [6.45, 7) is -2.14. The van der Waals surface area contributed by atoms with Crippen LogP contribution < -0.4 is 5.56 Å². The van der Waals surface area contributed by atoms with Gasteiger partial charge in [0.2, 0.25) is 0 Å². The standard InChI is InChI=1S/C11H11F5N2O3/c12-8(13)5-18(3-4-19)10(21)6-1-2-7(11(14,15)16)17-9(6)20/h1-2,8,19H,3-5H2,(H,17,20). The highest BCUT2D eigenvalue weighted by Gasteiger charge is 2.32. The van der Waals surface area contributed by atoms with Crippen LogP contribution in [-0.2, 0) is 6.18 Å². The summed E-state index contributed by atoms with van der Waals surface area (Å²) >= 11 is 0. The molecule has 0 radical (unpaired) electrons. The Hall–Kier alpha value is -1.97. The number of pyridine rings is 1. The zero-order chi connectivity index (χ0) is 16.2. The average molecular weight is 314 g/mol. The summed E-state index contributed by atoms with van der Waals surface area (Å²) in [6.07, 6.45) is -7.71. The molecular weight excluding hydrogens is 303 g/mol. The van der Waals surface area contributed by atoms with Crippen molar-refractivity contribution in [3.05, 3.63) is 33.7 Å². The van der Waals surface area contributed by atoms with E-state index in [2.05, 4.69) is 0 Å². The van der Waals surface area contributed by atoms with E-state index in [4.69, 9.17) is 5.11 Å². The molecule has 0 aliphatic rings. The lowest BCUT2D eigenvalue weighted by molar-refractivity contribution is -0.141. The molecule has 0 saturated carbocycles. The van der Waals surface area contributed by atoms with Crippen molar-refractivity contribution in [1.82, 2.24) is 9.88 Å². The van der Waals surface area contributed by atoms with Crippen molar-refractivity contribution < 1.29 is 31.9 Å². The summed E-state index contributed by atoms with van der Waals surface area (Å²) < 4.78 is 61.7. The van der Waals surface area contributed by atoms with Gasteiger partial charge in [-0.05, 0) is 12.1 Å². The molecule has 0 bridgehead atoms. The van der Waals surface area contributed by atoms with Gasteiger partial charge in [0.05, 0.1) is 13.2 Å². The Kier molecular flexibility index (Phi) is 5.41. The maximum absolute atomic E-state index is 12.4. The third kappa shape index (κ3) is 4.52. The molecule has 0 unspecified atom stereocenters. The van der Waals surface area contributed by atoms with E-state index in [9.17, 15) is 31.5 Å². The number of hydrogen-bond acceptors (Lipinski definition) is 3. The summed E-state index contributed by atoms with van der Waals surface area (Å²) in [5.41, 5.74) is -3.41. The molecule has 10 heteroatoms. The zero-order valence-corrected chi connectivity index (χ0v) is 10.5. The Labute approximate surface area is 115 Å². The Balaban J connectivity index is 3.09. The molecule has 0 spiro atoms. The first-order valence-electron chi connectivity index (χ1n) is 5.65. The SMILES string of the molecule is O=C(c1ccc(C(F)(F)F)[nH]c1=O)N(CCO)CC(F)F. The molecule has 2 N–H and O–H groups in total. The maximum atomic E-state index is 12.4. The number of aromatic nitrogens is 1. The van der Waals surface area contributed by atoms with Crippen molar-refractivity contribution in [3.63, 3.8) is 0 Å². The van der Waals surface area contributed by atoms with Gasteiger partial charge in [-0.3, -0.25) is 9.59 Å². The van der Waals surface area contributed by atoms with Gasteiger partial charge in [0, 0.05) is 6.54 Å². The molecule has 1 amide bonds. The van der Waals surface area contributed by atoms with Gasteiger partial charge in [0.15, 0.2) is 0 Å². The Morgan fingerprint density at radius 2 is 1.95 bits per heavy atom. The van der Waals surface area contributed by atoms with E-state index < -0.39 is 55.0 Å². The third-order valence-electron chi connectivity index (χ3n) is 2.46. The number of carbonyl (C=O) groups is 1. The van der Waals surface area contributed by atoms with Crippen molar-refractivity contribution in [3.8, 4) is 0 Å². The van der Waals surface area contributed by atoms with Crippen LogP contribution in [0.1, 0.15) is 16.1 Å². The van der Waals surface area contributed by atoms with Crippen molar-refractivity contribution in [2.75, 3.05) is 19.7 Å². The number of nitrogens with one attached hydrogen (secondary N) is 1. The van der Waals surface area contributed by atoms with E-state index in [1.165, 1.54) is 4.98 Å². The molecule has 0 fully saturated rings. The highest BCUT2D eigenvalue weighted by molar-refractivity contribution is 5.93. The van der Waals surface area contributed by atoms with Crippen LogP contribution in [0.3, 0.4) is 0 Å². The topological polar surface area (TPSA) is 73.4 Å². The fraction of sp³-hybridized carbons (Fsp3) is 0.455. The molecule has 0 aromatic carbocycles. The molecule has 118 valence electrons. The molecule has 21 heavy (non-hydrogen) atoms. The van der Waals surface area contributed by atoms with Crippen molar-refractivity contribution in [1.29, 1.82) is 0 Å². The lowest BCUT2D eigenvalue weighted by atomic mass is 10.2. The number of aliphatic hydroxyl groups is 1. The number of nitrogens with zero attached hydrogens (tertiary/aromatic N) is 1. The number of alkyl halides is 5. The van der Waals surface area contributed by atoms with E-state index in [-0.39, 0.29) is 0 Å². The van der Waals surface area contributed by atoms with Gasteiger partial charge >= 0.3 is 6.18 Å². The fourth-order valence-corrected chi connectivity index (χ4v) is 1.54. The van der Waals surface area contributed by atoms with E-state index in [1.807, 2.05) is 0 Å². The summed E-state index contributed by atoms with van der Waals surface area (Å²) in [4.78, 5) is 25.3. The van der Waals surface area contributed by atoms with Gasteiger partial charge in [0.25, 0.3) is 17.9 Å². The van der Waals surface area contributed by atoms with Gasteiger partial charge in [-0.1, -0.05) is 0 Å². The molecule has 0 saturated heterocycles. The normalized spacial score (nSPS) is 11.8. The van der Waals surface area contributed by atoms with E-state index >= 15 is 0 Å². The largest absolute Gasteiger partial charge is 0.431 e. The fourth-order valence-electron chi connectivity index (χ4n) is 1.54. The van der Waals surface area contributed by atoms with Crippen LogP contribution in [0.5, 0.6) is 0 Å². The van der Waals surface area contributed by atoms with Crippen LogP contribution in [0.4, 0.5) is 22.0 Å². The first-order chi connectivity index (χ1) is 9.66. The summed E-state index contributed by atoms with van der Waals surface area (Å²) in [5, 5.41) is 8.69. The van der Waals surface area contributed by atoms with E-state index in [1.54, 1.807) is 0 Å². The molecule has 1 heterocycles. The molecule has 1 rings (SSSR count). The van der Waals surface area contributed by atoms with E-state index in [0.717, 1.165) is 0 Å². The van der Waals surface area contributed by atoms with Gasteiger partial charge < -0.3 is 15.0 Å². The van der Waals surface area contributed by atoms with Crippen molar-refractivity contribution in [2.45, 2.75) is 12.6 Å². The van der Waals surface area contributed by atoms with Gasteiger partial charge in [-0.15, -0.1) is 0 Å². The third-order valence-corrected chi connectivity index (χ3v) is 2.46. The van der Waals surface area contributed by atoms with Crippen LogP contribution in [0.15, 0.2) is 16.9 Å². The quantitative estimate of drug-likeness (QED) is 0.799. The molecule has 1 aromatic rings. The predicted octanol–water partition coefficient (Wildman–Crippen LogP) is 1.09. The number of aromatic amines is 1. The van der Waals surface area contributed by atoms with Crippen molar-refractivity contribution in [2.24, 2.45) is 0 Å². The smallest absolute Gasteiger partial charge is 0.395 e. The molecule has 0 aliphatic carbocycles.